The summed E-state index contributed by atoms with van der Waals surface area (Å²) in [6, 6.07) is 12.7. The Morgan fingerprint density at radius 2 is 1.81 bits per heavy atom. The summed E-state index contributed by atoms with van der Waals surface area (Å²) in [5, 5.41) is 4.06. The molecule has 0 radical (unpaired) electrons. The highest BCUT2D eigenvalue weighted by Gasteiger charge is 2.26. The van der Waals surface area contributed by atoms with Crippen LogP contribution in [0.3, 0.4) is 0 Å². The van der Waals surface area contributed by atoms with Crippen molar-refractivity contribution in [2.24, 2.45) is 5.73 Å². The second-order valence-electron chi connectivity index (χ2n) is 7.14. The first-order valence-corrected chi connectivity index (χ1v) is 9.25. The lowest BCUT2D eigenvalue weighted by Crippen LogP contribution is -2.38. The van der Waals surface area contributed by atoms with Gasteiger partial charge in [-0.05, 0) is 37.1 Å². The van der Waals surface area contributed by atoms with Crippen LogP contribution in [0.15, 0.2) is 42.5 Å². The van der Waals surface area contributed by atoms with E-state index in [0.717, 1.165) is 16.3 Å². The third-order valence-electron chi connectivity index (χ3n) is 3.77. The Bertz CT molecular complexity index is 799. The van der Waals surface area contributed by atoms with Crippen LogP contribution in [0.2, 0.25) is 0 Å². The summed E-state index contributed by atoms with van der Waals surface area (Å²) in [5.41, 5.74) is 6.33. The van der Waals surface area contributed by atoms with Gasteiger partial charge in [-0.25, -0.2) is 4.79 Å². The molecule has 0 aliphatic heterocycles. The van der Waals surface area contributed by atoms with Gasteiger partial charge in [-0.1, -0.05) is 42.5 Å². The van der Waals surface area contributed by atoms with Crippen molar-refractivity contribution >= 4 is 35.5 Å². The number of benzene rings is 2. The molecule has 0 saturated carbocycles. The summed E-state index contributed by atoms with van der Waals surface area (Å²) in [6.07, 6.45) is -0.564. The van der Waals surface area contributed by atoms with E-state index in [1.807, 2.05) is 42.5 Å². The van der Waals surface area contributed by atoms with Crippen molar-refractivity contribution in [3.05, 3.63) is 48.0 Å². The van der Waals surface area contributed by atoms with Crippen LogP contribution < -0.4 is 11.1 Å². The third kappa shape index (κ3) is 6.15. The molecule has 6 nitrogen and oxygen atoms in total. The zero-order valence-electron chi connectivity index (χ0n) is 15.8. The first kappa shape index (κ1) is 21.1. The van der Waals surface area contributed by atoms with E-state index in [9.17, 15) is 9.59 Å². The number of nitrogens with two attached hydrogens (primary N) is 1. The molecule has 27 heavy (non-hydrogen) atoms. The zero-order chi connectivity index (χ0) is 20.0. The van der Waals surface area contributed by atoms with Crippen molar-refractivity contribution in [1.29, 1.82) is 0 Å². The maximum Gasteiger partial charge on any atom is 0.407 e. The molecule has 7 heteroatoms. The minimum Gasteiger partial charge on any atom is -0.463 e. The predicted octanol–water partition coefficient (Wildman–Crippen LogP) is 3.21. The van der Waals surface area contributed by atoms with Crippen LogP contribution in [-0.4, -0.2) is 36.9 Å². The molecule has 2 atom stereocenters. The molecular formula is C20H26N2O4S. The monoisotopic (exact) mass is 390 g/mol. The number of carbonyl (C=O) groups excluding carboxylic acids is 2. The Hall–Kier alpha value is -2.25. The largest absolute Gasteiger partial charge is 0.463 e. The fourth-order valence-corrected chi connectivity index (χ4v) is 2.89. The average Bonchev–Trinajstić information content (AvgIpc) is 2.62. The van der Waals surface area contributed by atoms with Crippen LogP contribution in [-0.2, 0) is 14.3 Å². The first-order chi connectivity index (χ1) is 12.7. The molecule has 0 bridgehead atoms. The van der Waals surface area contributed by atoms with Gasteiger partial charge in [-0.2, -0.15) is 12.6 Å². The lowest BCUT2D eigenvalue weighted by atomic mass is 9.98. The number of thiol groups is 1. The number of fused-ring (bicyclic) bond motifs is 1. The Balaban J connectivity index is 1.88. The van der Waals surface area contributed by atoms with Crippen molar-refractivity contribution in [3.8, 4) is 0 Å². The standard InChI is InChI=1S/C20H26N2O4S/c1-20(2,3)26-19(24)22-11-12-25-18(23)16(21)17(27)15-10-6-8-13-7-4-5-9-14(13)15/h4-10,16-17,27H,11-12,21H2,1-3H3,(H,22,24)/t16-,17?/m0/s1. The topological polar surface area (TPSA) is 90.6 Å². The minimum absolute atomic E-state index is 0.00180. The highest BCUT2D eigenvalue weighted by atomic mass is 32.1. The molecule has 0 aromatic heterocycles. The average molecular weight is 391 g/mol. The summed E-state index contributed by atoms with van der Waals surface area (Å²) in [6.45, 7) is 5.45. The van der Waals surface area contributed by atoms with Gasteiger partial charge in [0.05, 0.1) is 11.8 Å². The van der Waals surface area contributed by atoms with E-state index in [1.165, 1.54) is 0 Å². The highest BCUT2D eigenvalue weighted by molar-refractivity contribution is 7.80. The molecule has 0 aliphatic rings. The Morgan fingerprint density at radius 1 is 1.15 bits per heavy atom. The number of ether oxygens (including phenoxy) is 2. The SMILES string of the molecule is CC(C)(C)OC(=O)NCCOC(=O)[C@@H](N)C(S)c1cccc2ccccc12. The number of rotatable bonds is 6. The summed E-state index contributed by atoms with van der Waals surface area (Å²) in [4.78, 5) is 23.8. The van der Waals surface area contributed by atoms with Crippen molar-refractivity contribution in [3.63, 3.8) is 0 Å². The Labute approximate surface area is 164 Å². The Kier molecular flexibility index (Phi) is 7.10. The van der Waals surface area contributed by atoms with Crippen molar-refractivity contribution in [1.82, 2.24) is 5.32 Å². The van der Waals surface area contributed by atoms with E-state index in [1.54, 1.807) is 20.8 Å². The van der Waals surface area contributed by atoms with Gasteiger partial charge in [0.25, 0.3) is 0 Å². The molecule has 0 spiro atoms. The van der Waals surface area contributed by atoms with E-state index in [0.29, 0.717) is 0 Å². The lowest BCUT2D eigenvalue weighted by Gasteiger charge is -2.21. The second kappa shape index (κ2) is 9.10. The number of carbonyl (C=O) groups is 2. The van der Waals surface area contributed by atoms with Crippen LogP contribution in [0, 0.1) is 0 Å². The van der Waals surface area contributed by atoms with Crippen molar-refractivity contribution in [2.75, 3.05) is 13.2 Å². The van der Waals surface area contributed by atoms with Gasteiger partial charge < -0.3 is 20.5 Å². The molecule has 2 aromatic rings. The van der Waals surface area contributed by atoms with Gasteiger partial charge in [0.1, 0.15) is 18.2 Å². The predicted molar refractivity (Wildman–Crippen MR) is 109 cm³/mol. The van der Waals surface area contributed by atoms with E-state index in [2.05, 4.69) is 17.9 Å². The number of hydrogen-bond donors (Lipinski definition) is 3. The van der Waals surface area contributed by atoms with Gasteiger partial charge in [0, 0.05) is 0 Å². The molecule has 0 fully saturated rings. The Morgan fingerprint density at radius 3 is 2.52 bits per heavy atom. The normalized spacial score (nSPS) is 13.7. The van der Waals surface area contributed by atoms with Gasteiger partial charge in [0.2, 0.25) is 0 Å². The summed E-state index contributed by atoms with van der Waals surface area (Å²) >= 11 is 4.54. The first-order valence-electron chi connectivity index (χ1n) is 8.74. The summed E-state index contributed by atoms with van der Waals surface area (Å²) < 4.78 is 10.3. The fourth-order valence-electron chi connectivity index (χ4n) is 2.55. The van der Waals surface area contributed by atoms with Crippen LogP contribution >= 0.6 is 12.6 Å². The van der Waals surface area contributed by atoms with E-state index < -0.39 is 29.0 Å². The van der Waals surface area contributed by atoms with Gasteiger partial charge in [0.15, 0.2) is 0 Å². The van der Waals surface area contributed by atoms with E-state index in [4.69, 9.17) is 15.2 Å². The molecule has 1 unspecified atom stereocenters. The lowest BCUT2D eigenvalue weighted by molar-refractivity contribution is -0.145. The van der Waals surface area contributed by atoms with Crippen LogP contribution in [0.5, 0.6) is 0 Å². The molecule has 0 saturated heterocycles. The molecule has 2 rings (SSSR count). The number of alkyl carbamates (subject to hydrolysis) is 1. The van der Waals surface area contributed by atoms with Gasteiger partial charge >= 0.3 is 12.1 Å². The molecule has 2 aromatic carbocycles. The molecule has 0 aliphatic carbocycles. The van der Waals surface area contributed by atoms with Gasteiger partial charge in [-0.3, -0.25) is 4.79 Å². The summed E-state index contributed by atoms with van der Waals surface area (Å²) in [5.74, 6) is -0.575. The van der Waals surface area contributed by atoms with Crippen LogP contribution in [0.25, 0.3) is 10.8 Å². The van der Waals surface area contributed by atoms with Crippen LogP contribution in [0.1, 0.15) is 31.6 Å². The van der Waals surface area contributed by atoms with Gasteiger partial charge in [-0.15, -0.1) is 0 Å². The number of nitrogens with one attached hydrogen (secondary N) is 1. The van der Waals surface area contributed by atoms with E-state index >= 15 is 0 Å². The maximum atomic E-state index is 12.2. The number of amides is 1. The number of hydrogen-bond acceptors (Lipinski definition) is 6. The third-order valence-corrected chi connectivity index (χ3v) is 4.37. The van der Waals surface area contributed by atoms with Crippen molar-refractivity contribution < 1.29 is 19.1 Å². The highest BCUT2D eigenvalue weighted by Crippen LogP contribution is 2.30. The molecular weight excluding hydrogens is 364 g/mol. The second-order valence-corrected chi connectivity index (χ2v) is 7.69. The maximum absolute atomic E-state index is 12.2. The summed E-state index contributed by atoms with van der Waals surface area (Å²) in [7, 11) is 0. The smallest absolute Gasteiger partial charge is 0.407 e. The van der Waals surface area contributed by atoms with Crippen LogP contribution in [0.4, 0.5) is 4.79 Å². The number of esters is 1. The minimum atomic E-state index is -0.930. The molecule has 3 N–H and O–H groups in total. The molecule has 1 amide bonds. The fraction of sp³-hybridized carbons (Fsp3) is 0.400. The molecule has 0 heterocycles. The zero-order valence-corrected chi connectivity index (χ0v) is 16.7. The molecule has 146 valence electrons. The van der Waals surface area contributed by atoms with E-state index in [-0.39, 0.29) is 13.2 Å². The quantitative estimate of drug-likeness (QED) is 0.400. The van der Waals surface area contributed by atoms with Crippen molar-refractivity contribution in [2.45, 2.75) is 37.7 Å².